The van der Waals surface area contributed by atoms with Crippen molar-refractivity contribution in [2.45, 2.75) is 32.7 Å². The second-order valence-corrected chi connectivity index (χ2v) is 6.46. The zero-order valence-electron chi connectivity index (χ0n) is 15.3. The van der Waals surface area contributed by atoms with E-state index in [2.05, 4.69) is 5.32 Å². The van der Waals surface area contributed by atoms with Crippen LogP contribution in [0.5, 0.6) is 17.2 Å². The van der Waals surface area contributed by atoms with Gasteiger partial charge in [-0.25, -0.2) is 0 Å². The standard InChI is InChI=1S/C21H25NO4/c1-15-5-8-18(9-6-15)24-11-3-4-21(23)22-16(2)17-7-10-19-20(14-17)26-13-12-25-19/h5-10,14,16H,3-4,11-13H2,1-2H3,(H,22,23). The van der Waals surface area contributed by atoms with Gasteiger partial charge in [-0.3, -0.25) is 4.79 Å². The maximum Gasteiger partial charge on any atom is 0.220 e. The second kappa shape index (κ2) is 8.61. The van der Waals surface area contributed by atoms with E-state index in [1.807, 2.05) is 56.3 Å². The predicted molar refractivity (Wildman–Crippen MR) is 99.9 cm³/mol. The molecule has 2 aromatic carbocycles. The van der Waals surface area contributed by atoms with E-state index < -0.39 is 0 Å². The molecule has 1 aliphatic heterocycles. The molecule has 0 fully saturated rings. The van der Waals surface area contributed by atoms with Crippen LogP contribution in [0.15, 0.2) is 42.5 Å². The first-order valence-corrected chi connectivity index (χ1v) is 9.00. The Morgan fingerprint density at radius 2 is 1.85 bits per heavy atom. The molecule has 1 amide bonds. The van der Waals surface area contributed by atoms with E-state index in [1.165, 1.54) is 5.56 Å². The molecule has 5 heteroatoms. The third-order valence-electron chi connectivity index (χ3n) is 4.28. The normalized spacial score (nSPS) is 13.8. The summed E-state index contributed by atoms with van der Waals surface area (Å²) in [5.74, 6) is 2.34. The van der Waals surface area contributed by atoms with E-state index in [9.17, 15) is 4.79 Å². The van der Waals surface area contributed by atoms with Crippen molar-refractivity contribution >= 4 is 5.91 Å². The molecule has 1 aliphatic rings. The number of rotatable bonds is 7. The number of fused-ring (bicyclic) bond motifs is 1. The van der Waals surface area contributed by atoms with Crippen molar-refractivity contribution < 1.29 is 19.0 Å². The number of benzene rings is 2. The van der Waals surface area contributed by atoms with Gasteiger partial charge in [0.1, 0.15) is 19.0 Å². The average molecular weight is 355 g/mol. The highest BCUT2D eigenvalue weighted by Gasteiger charge is 2.15. The lowest BCUT2D eigenvalue weighted by Gasteiger charge is -2.21. The van der Waals surface area contributed by atoms with E-state index in [-0.39, 0.29) is 11.9 Å². The first-order chi connectivity index (χ1) is 12.6. The molecule has 1 unspecified atom stereocenters. The van der Waals surface area contributed by atoms with Crippen LogP contribution in [-0.2, 0) is 4.79 Å². The van der Waals surface area contributed by atoms with Gasteiger partial charge < -0.3 is 19.5 Å². The zero-order valence-corrected chi connectivity index (χ0v) is 15.3. The van der Waals surface area contributed by atoms with Crippen molar-refractivity contribution in [3.8, 4) is 17.2 Å². The summed E-state index contributed by atoms with van der Waals surface area (Å²) in [6.07, 6.45) is 1.11. The summed E-state index contributed by atoms with van der Waals surface area (Å²) in [5, 5.41) is 3.02. The van der Waals surface area contributed by atoms with Crippen LogP contribution in [0.25, 0.3) is 0 Å². The molecule has 5 nitrogen and oxygen atoms in total. The molecule has 1 N–H and O–H groups in total. The lowest BCUT2D eigenvalue weighted by atomic mass is 10.1. The number of carbonyl (C=O) groups is 1. The Labute approximate surface area is 154 Å². The van der Waals surface area contributed by atoms with Gasteiger partial charge in [0, 0.05) is 6.42 Å². The smallest absolute Gasteiger partial charge is 0.220 e. The maximum atomic E-state index is 12.1. The molecule has 3 rings (SSSR count). The molecule has 1 heterocycles. The summed E-state index contributed by atoms with van der Waals surface area (Å²) < 4.78 is 16.8. The highest BCUT2D eigenvalue weighted by Crippen LogP contribution is 2.32. The van der Waals surface area contributed by atoms with E-state index in [0.29, 0.717) is 32.7 Å². The van der Waals surface area contributed by atoms with Crippen LogP contribution in [0.3, 0.4) is 0 Å². The lowest BCUT2D eigenvalue weighted by molar-refractivity contribution is -0.121. The van der Waals surface area contributed by atoms with E-state index in [0.717, 1.165) is 22.8 Å². The Hall–Kier alpha value is -2.69. The van der Waals surface area contributed by atoms with Crippen LogP contribution < -0.4 is 19.5 Å². The van der Waals surface area contributed by atoms with Crippen LogP contribution in [0.2, 0.25) is 0 Å². The number of carbonyl (C=O) groups excluding carboxylic acids is 1. The number of ether oxygens (including phenoxy) is 3. The van der Waals surface area contributed by atoms with Gasteiger partial charge in [0.15, 0.2) is 11.5 Å². The Kier molecular flexibility index (Phi) is 6.00. The molecule has 0 spiro atoms. The Morgan fingerprint density at radius 1 is 1.12 bits per heavy atom. The molecule has 138 valence electrons. The van der Waals surface area contributed by atoms with Crippen molar-refractivity contribution in [2.75, 3.05) is 19.8 Å². The summed E-state index contributed by atoms with van der Waals surface area (Å²) in [6.45, 7) is 5.65. The molecule has 0 radical (unpaired) electrons. The van der Waals surface area contributed by atoms with E-state index >= 15 is 0 Å². The molecule has 0 saturated heterocycles. The van der Waals surface area contributed by atoms with Crippen molar-refractivity contribution in [2.24, 2.45) is 0 Å². The lowest BCUT2D eigenvalue weighted by Crippen LogP contribution is -2.27. The van der Waals surface area contributed by atoms with Crippen molar-refractivity contribution in [3.63, 3.8) is 0 Å². The van der Waals surface area contributed by atoms with Crippen LogP contribution >= 0.6 is 0 Å². The highest BCUT2D eigenvalue weighted by molar-refractivity contribution is 5.76. The topological polar surface area (TPSA) is 56.8 Å². The Bertz CT molecular complexity index is 742. The van der Waals surface area contributed by atoms with Gasteiger partial charge in [-0.1, -0.05) is 23.8 Å². The molecule has 26 heavy (non-hydrogen) atoms. The van der Waals surface area contributed by atoms with Crippen LogP contribution in [-0.4, -0.2) is 25.7 Å². The van der Waals surface area contributed by atoms with Gasteiger partial charge in [0.25, 0.3) is 0 Å². The largest absolute Gasteiger partial charge is 0.494 e. The molecule has 0 bridgehead atoms. The minimum Gasteiger partial charge on any atom is -0.494 e. The fourth-order valence-corrected chi connectivity index (χ4v) is 2.78. The molecular formula is C21H25NO4. The number of hydrogen-bond acceptors (Lipinski definition) is 4. The maximum absolute atomic E-state index is 12.1. The van der Waals surface area contributed by atoms with E-state index in [4.69, 9.17) is 14.2 Å². The van der Waals surface area contributed by atoms with Gasteiger partial charge >= 0.3 is 0 Å². The first-order valence-electron chi connectivity index (χ1n) is 9.00. The number of aryl methyl sites for hydroxylation is 1. The molecule has 2 aromatic rings. The third-order valence-corrected chi connectivity index (χ3v) is 4.28. The molecule has 0 saturated carbocycles. The fraction of sp³-hybridized carbons (Fsp3) is 0.381. The van der Waals surface area contributed by atoms with Gasteiger partial charge in [-0.2, -0.15) is 0 Å². The van der Waals surface area contributed by atoms with Crippen molar-refractivity contribution in [3.05, 3.63) is 53.6 Å². The minimum absolute atomic E-state index is 0.0138. The summed E-state index contributed by atoms with van der Waals surface area (Å²) in [6, 6.07) is 13.6. The van der Waals surface area contributed by atoms with Crippen molar-refractivity contribution in [1.82, 2.24) is 5.32 Å². The number of nitrogens with one attached hydrogen (secondary N) is 1. The molecule has 1 atom stereocenters. The summed E-state index contributed by atoms with van der Waals surface area (Å²) in [4.78, 5) is 12.1. The van der Waals surface area contributed by atoms with Gasteiger partial charge in [0.05, 0.1) is 12.6 Å². The van der Waals surface area contributed by atoms with Gasteiger partial charge in [-0.05, 0) is 50.1 Å². The quantitative estimate of drug-likeness (QED) is 0.768. The number of amides is 1. The highest BCUT2D eigenvalue weighted by atomic mass is 16.6. The zero-order chi connectivity index (χ0) is 18.4. The molecule has 0 aromatic heterocycles. The predicted octanol–water partition coefficient (Wildman–Crippen LogP) is 3.80. The van der Waals surface area contributed by atoms with Crippen LogP contribution in [0, 0.1) is 6.92 Å². The fourth-order valence-electron chi connectivity index (χ4n) is 2.78. The summed E-state index contributed by atoms with van der Waals surface area (Å²) in [5.41, 5.74) is 2.20. The molecular weight excluding hydrogens is 330 g/mol. The van der Waals surface area contributed by atoms with Gasteiger partial charge in [0.2, 0.25) is 5.91 Å². The van der Waals surface area contributed by atoms with E-state index in [1.54, 1.807) is 0 Å². The third kappa shape index (κ3) is 4.91. The minimum atomic E-state index is -0.0867. The molecule has 0 aliphatic carbocycles. The first kappa shape index (κ1) is 18.1. The Morgan fingerprint density at radius 3 is 2.62 bits per heavy atom. The second-order valence-electron chi connectivity index (χ2n) is 6.46. The monoisotopic (exact) mass is 355 g/mol. The summed E-state index contributed by atoms with van der Waals surface area (Å²) in [7, 11) is 0. The number of hydrogen-bond donors (Lipinski definition) is 1. The Balaban J connectivity index is 1.42. The van der Waals surface area contributed by atoms with Crippen LogP contribution in [0.4, 0.5) is 0 Å². The summed E-state index contributed by atoms with van der Waals surface area (Å²) >= 11 is 0. The van der Waals surface area contributed by atoms with Gasteiger partial charge in [-0.15, -0.1) is 0 Å². The SMILES string of the molecule is Cc1ccc(OCCCC(=O)NC(C)c2ccc3c(c2)OCCO3)cc1. The van der Waals surface area contributed by atoms with Crippen molar-refractivity contribution in [1.29, 1.82) is 0 Å². The van der Waals surface area contributed by atoms with Crippen LogP contribution in [0.1, 0.15) is 36.9 Å². The average Bonchev–Trinajstić information content (AvgIpc) is 2.66.